The van der Waals surface area contributed by atoms with Gasteiger partial charge in [-0.25, -0.2) is 37.1 Å². The van der Waals surface area contributed by atoms with Crippen LogP contribution in [-0.4, -0.2) is 224 Å². The fourth-order valence-corrected chi connectivity index (χ4v) is 12.7. The van der Waals surface area contributed by atoms with Crippen LogP contribution in [0, 0.1) is 0 Å². The summed E-state index contributed by atoms with van der Waals surface area (Å²) in [6.07, 6.45) is 4.76. The molecule has 12 rings (SSSR count). The number of nitrogens with one attached hydrogen (secondary N) is 3. The van der Waals surface area contributed by atoms with E-state index >= 15 is 0 Å². The first-order chi connectivity index (χ1) is 54.4. The van der Waals surface area contributed by atoms with Gasteiger partial charge in [0.2, 0.25) is 0 Å². The Morgan fingerprint density at radius 3 is 1.31 bits per heavy atom. The molecule has 3 N–H and O–H groups in total. The van der Waals surface area contributed by atoms with Gasteiger partial charge >= 0.3 is 92.1 Å². The van der Waals surface area contributed by atoms with Gasteiger partial charge in [0.1, 0.15) is 51.1 Å². The molecule has 4 aromatic heterocycles. The minimum atomic E-state index is -5.87. The fourth-order valence-electron chi connectivity index (χ4n) is 11.4. The Morgan fingerprint density at radius 2 is 0.924 bits per heavy atom. The van der Waals surface area contributed by atoms with E-state index < -0.39 is 45.9 Å². The van der Waals surface area contributed by atoms with Gasteiger partial charge in [-0.05, 0) is 183 Å². The van der Waals surface area contributed by atoms with Crippen LogP contribution in [0.25, 0.3) is 43.1 Å². The number of piperidine rings is 1. The van der Waals surface area contributed by atoms with Crippen LogP contribution in [0.1, 0.15) is 62.2 Å². The van der Waals surface area contributed by atoms with E-state index in [2.05, 4.69) is 98.7 Å². The van der Waals surface area contributed by atoms with Crippen molar-refractivity contribution in [1.29, 1.82) is 0 Å². The maximum atomic E-state index is 12.5. The average molecular weight is 1890 g/mol. The Balaban J connectivity index is 0.000000480. The van der Waals surface area contributed by atoms with Gasteiger partial charge in [-0.15, -0.1) is 0 Å². The molecule has 0 bridgehead atoms. The summed E-state index contributed by atoms with van der Waals surface area (Å²) in [4.78, 5) is 84.5. The number of H-pyrrole nitrogens is 2. The fraction of sp³-hybridized carbons (Fsp3) is 0.466. The molecular weight excluding hydrogens is 1800 g/mol. The average Bonchev–Trinajstić information content (AvgIpc) is 0.796. The first-order valence-corrected chi connectivity index (χ1v) is 42.7. The van der Waals surface area contributed by atoms with E-state index in [9.17, 15) is 62.9 Å². The molecule has 0 spiro atoms. The monoisotopic (exact) mass is 1890 g/mol. The molecule has 0 saturated carbocycles. The molecule has 644 valence electrons. The number of pyridine rings is 4. The van der Waals surface area contributed by atoms with Crippen LogP contribution >= 0.6 is 78.1 Å². The molecule has 4 fully saturated rings. The number of benzene rings is 4. The number of halogens is 13. The smallest absolute Gasteiger partial charge is 1.00 e. The maximum absolute atomic E-state index is 12.5. The third kappa shape index (κ3) is 35.6. The first kappa shape index (κ1) is 106. The van der Waals surface area contributed by atoms with Crippen LogP contribution < -0.4 is 114 Å². The predicted molar refractivity (Wildman–Crippen MR) is 438 cm³/mol. The number of hydrogen-bond donors (Lipinski definition) is 3. The number of carbonyl (C=O) groups excluding carboxylic acids is 3. The molecule has 0 unspecified atom stereocenters. The van der Waals surface area contributed by atoms with Crippen LogP contribution in [0.3, 0.4) is 0 Å². The molecule has 45 heteroatoms. The van der Waals surface area contributed by atoms with E-state index in [-0.39, 0.29) is 102 Å². The summed E-state index contributed by atoms with van der Waals surface area (Å²) in [7, 11) is 0.634. The summed E-state index contributed by atoms with van der Waals surface area (Å²) in [5, 5.41) is 16.3. The summed E-state index contributed by atoms with van der Waals surface area (Å²) >= 11 is 29.6. The van der Waals surface area contributed by atoms with Crippen molar-refractivity contribution in [3.05, 3.63) is 133 Å². The largest absolute Gasteiger partial charge is 1.00 e. The summed E-state index contributed by atoms with van der Waals surface area (Å²) in [6, 6.07) is 22.4. The zero-order valence-electron chi connectivity index (χ0n) is 67.7. The number of aromatic amines is 2. The predicted octanol–water partition coefficient (Wildman–Crippen LogP) is 9.37. The molecule has 4 aromatic carbocycles. The molecule has 8 heterocycles. The van der Waals surface area contributed by atoms with Crippen LogP contribution in [0.5, 0.6) is 23.0 Å². The number of rotatable bonds is 13. The SMILES string of the molecule is CC(C)(C)OC(=O)N1CCNCC1.COc1ccc2c(=O)[nH]cc(Br)c2c1.COc1ccc2c(=O)[nH]cc(N3CCN(C(=O)OC(C)(C)C)CC3)c2c1.COc1ccc2c(Cl)ncc(N3CCCCC3)c2c1.COc1ccc2c(Cl)ncc(N3CCN(CC(F)F)CC3)c2c1.O=CO[O-].O=P(Cl)(Cl)Cl.O=S(=O)(OCC(F)F)C(F)(F)F.[H-].[Na+].[Na+]. The van der Waals surface area contributed by atoms with Crippen molar-refractivity contribution in [3.63, 3.8) is 0 Å². The number of anilines is 3. The van der Waals surface area contributed by atoms with E-state index in [0.717, 1.165) is 110 Å². The number of hydrogen-bond acceptors (Lipinski definition) is 24. The molecular formula is C73H91BrCl5F7N11Na2O17PS. The van der Waals surface area contributed by atoms with Crippen LogP contribution in [0.4, 0.5) is 57.4 Å². The summed E-state index contributed by atoms with van der Waals surface area (Å²) in [6.45, 7) is 19.5. The van der Waals surface area contributed by atoms with Crippen molar-refractivity contribution in [2.45, 2.75) is 90.4 Å². The Morgan fingerprint density at radius 1 is 0.568 bits per heavy atom. The number of amides is 2. The number of piperazine rings is 3. The van der Waals surface area contributed by atoms with Gasteiger partial charge in [-0.3, -0.25) is 28.0 Å². The van der Waals surface area contributed by atoms with Crippen molar-refractivity contribution >= 4 is 167 Å². The second-order valence-corrected chi connectivity index (χ2v) is 36.9. The van der Waals surface area contributed by atoms with Crippen molar-refractivity contribution in [3.8, 4) is 23.0 Å². The van der Waals surface area contributed by atoms with E-state index in [1.807, 2.05) is 96.3 Å². The van der Waals surface area contributed by atoms with Gasteiger partial charge in [-0.1, -0.05) is 23.2 Å². The molecule has 118 heavy (non-hydrogen) atoms. The third-order valence-electron chi connectivity index (χ3n) is 16.7. The Hall–Kier alpha value is -5.81. The topological polar surface area (TPSA) is 322 Å². The van der Waals surface area contributed by atoms with Gasteiger partial charge in [-0.2, -0.15) is 21.6 Å². The maximum Gasteiger partial charge on any atom is 1.00 e. The van der Waals surface area contributed by atoms with E-state index in [4.69, 9.17) is 61.7 Å². The molecule has 0 aliphatic carbocycles. The van der Waals surface area contributed by atoms with Gasteiger partial charge in [0.05, 0.1) is 64.4 Å². The minimum absolute atomic E-state index is 0. The number of ether oxygens (including phenoxy) is 6. The molecule has 2 amide bonds. The van der Waals surface area contributed by atoms with Crippen LogP contribution in [0.2, 0.25) is 10.3 Å². The standard InChI is InChI=1S/C19H25N3O4.C16H18ClF2N3O.C15H17ClN2O.C10H8BrNO2.C9H18N2O2.C3H3F5O3S.CH2O3.Cl3OP.2Na.H/c1-19(2,3)26-18(24)22-9-7-21(8-10-22)16-12-20-17(23)14-6-5-13(25-4)11-15(14)16;1-23-11-2-3-12-13(8-11)14(9-20-16(12)17)22-6-4-21(5-7-22)10-15(18)19;1-19-11-5-6-12-13(9-11)14(10-17-15(12)16)18-7-3-2-4-8-18;1-14-6-2-3-7-8(4-6)9(11)5-12-10(7)13;1-9(2,3)13-8(12)11-6-4-10-5-7-11;4-2(5)1-11-12(9,10)3(6,7)8;2-1-4-3;1-5(2,3)4;;;/h5-6,11-12H,7-10H2,1-4H3,(H,20,23);2-3,8-9,15H,4-7,10H2,1H3;5-6,9-10H,2-4,7-8H2,1H3;2-5H,1H3,(H,12,13);10H,4-7H2,1-3H3;2H,1H2;1,3H;;;;/q;;;;;;;;2*+1;-1/p-1. The van der Waals surface area contributed by atoms with Crippen molar-refractivity contribution in [1.82, 2.24) is 40.0 Å². The molecule has 0 atom stereocenters. The number of nitrogens with zero attached hydrogens (tertiary/aromatic N) is 8. The summed E-state index contributed by atoms with van der Waals surface area (Å²) in [5.41, 5.74) is -3.70. The Kier molecular flexibility index (Phi) is 45.7. The molecule has 8 aromatic rings. The summed E-state index contributed by atoms with van der Waals surface area (Å²) in [5.74, 6) is 3.05. The zero-order chi connectivity index (χ0) is 86.5. The van der Waals surface area contributed by atoms with Gasteiger partial charge in [0, 0.05) is 152 Å². The van der Waals surface area contributed by atoms with E-state index in [0.29, 0.717) is 79.2 Å². The molecule has 28 nitrogen and oxygen atoms in total. The normalized spacial score (nSPS) is 14.4. The number of aromatic nitrogens is 4. The van der Waals surface area contributed by atoms with Crippen molar-refractivity contribution < 1.29 is 161 Å². The number of methoxy groups -OCH3 is 4. The molecule has 4 saturated heterocycles. The second-order valence-electron chi connectivity index (χ2n) is 27.0. The molecule has 4 aliphatic rings. The van der Waals surface area contributed by atoms with Crippen LogP contribution in [0.15, 0.2) is 112 Å². The first-order valence-electron chi connectivity index (χ1n) is 35.3. The summed E-state index contributed by atoms with van der Waals surface area (Å²) < 4.78 is 146. The second kappa shape index (κ2) is 50.7. The van der Waals surface area contributed by atoms with Crippen LogP contribution in [-0.2, 0) is 38.0 Å². The van der Waals surface area contributed by atoms with E-state index in [1.54, 1.807) is 86.0 Å². The third-order valence-corrected chi connectivity index (χ3v) is 19.0. The number of fused-ring (bicyclic) bond motifs is 4. The quantitative estimate of drug-likeness (QED) is 0.0111. The molecule has 4 aliphatic heterocycles. The molecule has 0 radical (unpaired) electrons. The van der Waals surface area contributed by atoms with Crippen molar-refractivity contribution in [2.24, 2.45) is 0 Å². The van der Waals surface area contributed by atoms with Gasteiger partial charge in [0.15, 0.2) is 0 Å². The Bertz CT molecular complexity index is 4820. The zero-order valence-corrected chi connectivity index (χ0v) is 77.8. The minimum Gasteiger partial charge on any atom is -1.00 e. The van der Waals surface area contributed by atoms with E-state index in [1.165, 1.54) is 19.3 Å². The number of carbonyl (C=O) groups is 3. The number of alkyl halides is 7. The van der Waals surface area contributed by atoms with Crippen molar-refractivity contribution in [2.75, 3.05) is 148 Å². The van der Waals surface area contributed by atoms with Gasteiger partial charge < -0.3 is 79.8 Å². The Labute approximate surface area is 756 Å². The van der Waals surface area contributed by atoms with Gasteiger partial charge in [0.25, 0.3) is 30.4 Å².